The molecule has 68 valence electrons. The Morgan fingerprint density at radius 2 is 1.69 bits per heavy atom. The fraction of sp³-hybridized carbons (Fsp3) is 0.182. The van der Waals surface area contributed by atoms with Crippen molar-refractivity contribution in [2.75, 3.05) is 0 Å². The lowest BCUT2D eigenvalue weighted by molar-refractivity contribution is -0.676. The van der Waals surface area contributed by atoms with Crippen LogP contribution in [-0.2, 0) is 7.05 Å². The van der Waals surface area contributed by atoms with Gasteiger partial charge in [0.05, 0.1) is 0 Å². The normalized spacial score (nSPS) is 9.69. The molecule has 0 saturated carbocycles. The first-order chi connectivity index (χ1) is 5.77. The molecular formula is C11H13IN+. The molecule has 2 aromatic rings. The molecule has 0 spiro atoms. The summed E-state index contributed by atoms with van der Waals surface area (Å²) < 4.78 is 2.14. The third kappa shape index (κ3) is 1.99. The van der Waals surface area contributed by atoms with Crippen molar-refractivity contribution in [2.24, 2.45) is 7.05 Å². The standard InChI is InChI=1S/C11H12N.HI/c1-9-7-10-5-3-4-6-11(10)8-12(9)2;/h3-8H,1-2H3;1H/q+1;. The van der Waals surface area contributed by atoms with E-state index in [9.17, 15) is 0 Å². The monoisotopic (exact) mass is 286 g/mol. The Bertz CT molecular complexity index is 383. The number of pyridine rings is 1. The second-order valence-corrected chi connectivity index (χ2v) is 3.15. The summed E-state index contributed by atoms with van der Waals surface area (Å²) in [5.41, 5.74) is 1.29. The van der Waals surface area contributed by atoms with Crippen molar-refractivity contribution in [1.82, 2.24) is 0 Å². The highest BCUT2D eigenvalue weighted by molar-refractivity contribution is 14.0. The molecular weight excluding hydrogens is 273 g/mol. The van der Waals surface area contributed by atoms with E-state index in [0.717, 1.165) is 0 Å². The minimum Gasteiger partial charge on any atom is -0.205 e. The molecule has 1 aromatic heterocycles. The molecule has 1 nitrogen and oxygen atoms in total. The Balaban J connectivity index is 0.000000845. The van der Waals surface area contributed by atoms with Crippen LogP contribution in [-0.4, -0.2) is 0 Å². The summed E-state index contributed by atoms with van der Waals surface area (Å²) in [5, 5.41) is 2.61. The van der Waals surface area contributed by atoms with Crippen molar-refractivity contribution in [3.8, 4) is 0 Å². The number of aromatic nitrogens is 1. The fourth-order valence-electron chi connectivity index (χ4n) is 1.40. The third-order valence-corrected chi connectivity index (χ3v) is 2.25. The molecule has 0 atom stereocenters. The van der Waals surface area contributed by atoms with E-state index in [1.165, 1.54) is 16.5 Å². The van der Waals surface area contributed by atoms with Gasteiger partial charge in [0.15, 0.2) is 11.9 Å². The summed E-state index contributed by atoms with van der Waals surface area (Å²) >= 11 is 0. The van der Waals surface area contributed by atoms with E-state index in [1.807, 2.05) is 0 Å². The van der Waals surface area contributed by atoms with E-state index in [4.69, 9.17) is 0 Å². The average Bonchev–Trinajstić information content (AvgIpc) is 2.07. The van der Waals surface area contributed by atoms with Gasteiger partial charge in [-0.05, 0) is 11.5 Å². The summed E-state index contributed by atoms with van der Waals surface area (Å²) in [6, 6.07) is 10.6. The van der Waals surface area contributed by atoms with Gasteiger partial charge in [-0.3, -0.25) is 0 Å². The Morgan fingerprint density at radius 3 is 2.38 bits per heavy atom. The highest BCUT2D eigenvalue weighted by Gasteiger charge is 2.01. The second kappa shape index (κ2) is 4.05. The molecule has 0 aliphatic heterocycles. The highest BCUT2D eigenvalue weighted by atomic mass is 127. The Hall–Kier alpha value is -0.640. The van der Waals surface area contributed by atoms with Crippen LogP contribution in [0.2, 0.25) is 0 Å². The minimum absolute atomic E-state index is 0. The van der Waals surface area contributed by atoms with Crippen molar-refractivity contribution in [3.63, 3.8) is 0 Å². The van der Waals surface area contributed by atoms with Crippen molar-refractivity contribution in [3.05, 3.63) is 42.2 Å². The minimum atomic E-state index is 0. The van der Waals surface area contributed by atoms with Crippen LogP contribution in [0.5, 0.6) is 0 Å². The van der Waals surface area contributed by atoms with Gasteiger partial charge in [0.25, 0.3) is 0 Å². The van der Waals surface area contributed by atoms with Crippen LogP contribution in [0.15, 0.2) is 36.5 Å². The van der Waals surface area contributed by atoms with E-state index in [-0.39, 0.29) is 24.0 Å². The predicted molar refractivity (Wildman–Crippen MR) is 65.3 cm³/mol. The van der Waals surface area contributed by atoms with Crippen LogP contribution >= 0.6 is 24.0 Å². The molecule has 0 bridgehead atoms. The van der Waals surface area contributed by atoms with Crippen LogP contribution in [0.25, 0.3) is 10.8 Å². The molecule has 1 aromatic carbocycles. The van der Waals surface area contributed by atoms with Gasteiger partial charge in [0.2, 0.25) is 0 Å². The summed E-state index contributed by atoms with van der Waals surface area (Å²) in [7, 11) is 2.07. The molecule has 2 heteroatoms. The Labute approximate surface area is 95.4 Å². The van der Waals surface area contributed by atoms with Crippen LogP contribution in [0.3, 0.4) is 0 Å². The summed E-state index contributed by atoms with van der Waals surface area (Å²) in [6.45, 7) is 2.12. The van der Waals surface area contributed by atoms with Gasteiger partial charge < -0.3 is 0 Å². The van der Waals surface area contributed by atoms with Gasteiger partial charge in [-0.2, -0.15) is 0 Å². The number of halogens is 1. The lowest BCUT2D eigenvalue weighted by Gasteiger charge is -1.97. The smallest absolute Gasteiger partial charge is 0.178 e. The fourth-order valence-corrected chi connectivity index (χ4v) is 1.40. The molecule has 0 unspecified atom stereocenters. The van der Waals surface area contributed by atoms with Gasteiger partial charge in [-0.1, -0.05) is 18.2 Å². The zero-order chi connectivity index (χ0) is 8.55. The molecule has 2 rings (SSSR count). The first-order valence-electron chi connectivity index (χ1n) is 4.12. The number of benzene rings is 1. The van der Waals surface area contributed by atoms with E-state index < -0.39 is 0 Å². The summed E-state index contributed by atoms with van der Waals surface area (Å²) in [4.78, 5) is 0. The van der Waals surface area contributed by atoms with E-state index in [1.54, 1.807) is 0 Å². The second-order valence-electron chi connectivity index (χ2n) is 3.15. The van der Waals surface area contributed by atoms with Gasteiger partial charge >= 0.3 is 0 Å². The molecule has 0 amide bonds. The van der Waals surface area contributed by atoms with Crippen molar-refractivity contribution < 1.29 is 4.57 Å². The number of fused-ring (bicyclic) bond motifs is 1. The largest absolute Gasteiger partial charge is 0.205 e. The maximum absolute atomic E-state index is 2.20. The van der Waals surface area contributed by atoms with E-state index in [0.29, 0.717) is 0 Å². The van der Waals surface area contributed by atoms with E-state index >= 15 is 0 Å². The zero-order valence-corrected chi connectivity index (χ0v) is 10.1. The Kier molecular flexibility index (Phi) is 3.25. The molecule has 1 heterocycles. The van der Waals surface area contributed by atoms with Gasteiger partial charge in [0.1, 0.15) is 7.05 Å². The molecule has 0 aliphatic carbocycles. The first-order valence-corrected chi connectivity index (χ1v) is 4.12. The number of rotatable bonds is 0. The van der Waals surface area contributed by atoms with Gasteiger partial charge in [-0.25, -0.2) is 4.57 Å². The van der Waals surface area contributed by atoms with Crippen LogP contribution in [0.4, 0.5) is 0 Å². The lowest BCUT2D eigenvalue weighted by Crippen LogP contribution is -2.30. The zero-order valence-electron chi connectivity index (χ0n) is 7.82. The van der Waals surface area contributed by atoms with Crippen LogP contribution in [0.1, 0.15) is 5.69 Å². The third-order valence-electron chi connectivity index (χ3n) is 2.25. The van der Waals surface area contributed by atoms with Crippen molar-refractivity contribution in [1.29, 1.82) is 0 Å². The molecule has 0 aliphatic rings. The number of nitrogens with zero attached hydrogens (tertiary/aromatic N) is 1. The molecule has 0 fully saturated rings. The molecule has 0 saturated heterocycles. The molecule has 0 N–H and O–H groups in total. The molecule has 13 heavy (non-hydrogen) atoms. The first kappa shape index (κ1) is 10.4. The van der Waals surface area contributed by atoms with Crippen LogP contribution in [0, 0.1) is 6.92 Å². The number of aryl methyl sites for hydroxylation is 2. The Morgan fingerprint density at radius 1 is 1.08 bits per heavy atom. The van der Waals surface area contributed by atoms with Crippen molar-refractivity contribution >= 4 is 34.7 Å². The number of hydrogen-bond donors (Lipinski definition) is 0. The maximum Gasteiger partial charge on any atom is 0.178 e. The number of hydrogen-bond acceptors (Lipinski definition) is 0. The highest BCUT2D eigenvalue weighted by Crippen LogP contribution is 2.11. The van der Waals surface area contributed by atoms with Crippen LogP contribution < -0.4 is 4.57 Å². The SMILES string of the molecule is Cc1cc2ccccc2c[n+]1C.I. The topological polar surface area (TPSA) is 3.88 Å². The average molecular weight is 286 g/mol. The quantitative estimate of drug-likeness (QED) is 0.518. The van der Waals surface area contributed by atoms with E-state index in [2.05, 4.69) is 55.1 Å². The maximum atomic E-state index is 2.20. The summed E-state index contributed by atoms with van der Waals surface area (Å²) in [5.74, 6) is 0. The van der Waals surface area contributed by atoms with Gasteiger partial charge in [0, 0.05) is 18.4 Å². The summed E-state index contributed by atoms with van der Waals surface area (Å²) in [6.07, 6.45) is 2.16. The molecule has 0 radical (unpaired) electrons. The predicted octanol–water partition coefficient (Wildman–Crippen LogP) is 2.59. The lowest BCUT2D eigenvalue weighted by atomic mass is 10.1. The van der Waals surface area contributed by atoms with Gasteiger partial charge in [-0.15, -0.1) is 24.0 Å². The van der Waals surface area contributed by atoms with Crippen molar-refractivity contribution in [2.45, 2.75) is 6.92 Å².